The van der Waals surface area contributed by atoms with Gasteiger partial charge in [0.25, 0.3) is 0 Å². The SMILES string of the molecule is C/C(=C/C(=O)O)CNc1ccc(C(F)(F)F)cc1C#N. The summed E-state index contributed by atoms with van der Waals surface area (Å²) < 4.78 is 37.5. The summed E-state index contributed by atoms with van der Waals surface area (Å²) in [5, 5.41) is 20.1. The Kier molecular flexibility index (Phi) is 4.75. The fraction of sp³-hybridized carbons (Fsp3) is 0.231. The smallest absolute Gasteiger partial charge is 0.416 e. The maximum atomic E-state index is 12.5. The van der Waals surface area contributed by atoms with Crippen molar-refractivity contribution < 1.29 is 23.1 Å². The minimum atomic E-state index is -4.51. The number of carboxylic acid groups (broad SMARTS) is 1. The van der Waals surface area contributed by atoms with E-state index in [9.17, 15) is 18.0 Å². The van der Waals surface area contributed by atoms with Gasteiger partial charge in [0.1, 0.15) is 6.07 Å². The molecule has 7 heteroatoms. The topological polar surface area (TPSA) is 73.1 Å². The van der Waals surface area contributed by atoms with Crippen LogP contribution in [0.4, 0.5) is 18.9 Å². The van der Waals surface area contributed by atoms with E-state index >= 15 is 0 Å². The van der Waals surface area contributed by atoms with E-state index in [2.05, 4.69) is 5.32 Å². The zero-order valence-corrected chi connectivity index (χ0v) is 10.5. The van der Waals surface area contributed by atoms with Gasteiger partial charge in [0.2, 0.25) is 0 Å². The zero-order valence-electron chi connectivity index (χ0n) is 10.5. The molecule has 0 radical (unpaired) electrons. The van der Waals surface area contributed by atoms with Crippen LogP contribution in [0.25, 0.3) is 0 Å². The van der Waals surface area contributed by atoms with Crippen molar-refractivity contribution in [3.8, 4) is 6.07 Å². The van der Waals surface area contributed by atoms with Crippen LogP contribution in [0.1, 0.15) is 18.1 Å². The van der Waals surface area contributed by atoms with E-state index in [-0.39, 0.29) is 17.8 Å². The van der Waals surface area contributed by atoms with E-state index in [4.69, 9.17) is 10.4 Å². The van der Waals surface area contributed by atoms with Crippen molar-refractivity contribution in [2.75, 3.05) is 11.9 Å². The summed E-state index contributed by atoms with van der Waals surface area (Å²) in [4.78, 5) is 10.4. The number of carbonyl (C=O) groups is 1. The fourth-order valence-electron chi connectivity index (χ4n) is 1.46. The van der Waals surface area contributed by atoms with Crippen molar-refractivity contribution in [1.82, 2.24) is 0 Å². The molecule has 4 nitrogen and oxygen atoms in total. The highest BCUT2D eigenvalue weighted by Gasteiger charge is 2.31. The number of hydrogen-bond acceptors (Lipinski definition) is 3. The summed E-state index contributed by atoms with van der Waals surface area (Å²) in [5.74, 6) is -1.11. The highest BCUT2D eigenvalue weighted by atomic mass is 19.4. The minimum absolute atomic E-state index is 0.117. The maximum Gasteiger partial charge on any atom is 0.416 e. The van der Waals surface area contributed by atoms with E-state index in [1.807, 2.05) is 0 Å². The molecule has 1 aromatic rings. The van der Waals surface area contributed by atoms with Crippen LogP contribution in [-0.4, -0.2) is 17.6 Å². The van der Waals surface area contributed by atoms with Crippen LogP contribution < -0.4 is 5.32 Å². The summed E-state index contributed by atoms with van der Waals surface area (Å²) in [7, 11) is 0. The molecule has 2 N–H and O–H groups in total. The van der Waals surface area contributed by atoms with Gasteiger partial charge < -0.3 is 10.4 Å². The first-order valence-electron chi connectivity index (χ1n) is 5.49. The Balaban J connectivity index is 2.93. The van der Waals surface area contributed by atoms with Crippen molar-refractivity contribution in [3.05, 3.63) is 41.0 Å². The largest absolute Gasteiger partial charge is 0.478 e. The van der Waals surface area contributed by atoms with Gasteiger partial charge in [0.15, 0.2) is 0 Å². The quantitative estimate of drug-likeness (QED) is 0.833. The summed E-state index contributed by atoms with van der Waals surface area (Å²) in [6.45, 7) is 1.67. The van der Waals surface area contributed by atoms with Crippen molar-refractivity contribution in [1.29, 1.82) is 5.26 Å². The van der Waals surface area contributed by atoms with E-state index < -0.39 is 17.7 Å². The van der Waals surface area contributed by atoms with Gasteiger partial charge in [-0.15, -0.1) is 0 Å². The van der Waals surface area contributed by atoms with Crippen molar-refractivity contribution >= 4 is 11.7 Å². The summed E-state index contributed by atoms with van der Waals surface area (Å²) >= 11 is 0. The monoisotopic (exact) mass is 284 g/mol. The first-order valence-corrected chi connectivity index (χ1v) is 5.49. The van der Waals surface area contributed by atoms with Crippen molar-refractivity contribution in [2.45, 2.75) is 13.1 Å². The number of carboxylic acids is 1. The molecule has 1 rings (SSSR count). The molecule has 0 saturated heterocycles. The Morgan fingerprint density at radius 3 is 2.65 bits per heavy atom. The average Bonchev–Trinajstić information content (AvgIpc) is 2.34. The predicted molar refractivity (Wildman–Crippen MR) is 66.0 cm³/mol. The number of benzene rings is 1. The van der Waals surface area contributed by atoms with Crippen LogP contribution in [0.15, 0.2) is 29.8 Å². The van der Waals surface area contributed by atoms with Gasteiger partial charge in [-0.1, -0.05) is 0 Å². The standard InChI is InChI=1S/C13H11F3N2O2/c1-8(4-12(19)20)7-18-11-3-2-10(13(14,15)16)5-9(11)6-17/h2-5,18H,7H2,1H3,(H,19,20)/b8-4-. The third kappa shape index (κ3) is 4.31. The normalized spacial score (nSPS) is 11.8. The molecular weight excluding hydrogens is 273 g/mol. The number of nitrogens with zero attached hydrogens (tertiary/aromatic N) is 1. The van der Waals surface area contributed by atoms with E-state index in [0.29, 0.717) is 5.57 Å². The Labute approximate surface area is 113 Å². The zero-order chi connectivity index (χ0) is 15.3. The lowest BCUT2D eigenvalue weighted by Crippen LogP contribution is -2.09. The molecule has 0 amide bonds. The van der Waals surface area contributed by atoms with Crippen LogP contribution in [0.5, 0.6) is 0 Å². The number of anilines is 1. The molecule has 0 bridgehead atoms. The number of hydrogen-bond donors (Lipinski definition) is 2. The highest BCUT2D eigenvalue weighted by molar-refractivity contribution is 5.80. The van der Waals surface area contributed by atoms with Gasteiger partial charge in [0.05, 0.1) is 16.8 Å². The first kappa shape index (κ1) is 15.6. The van der Waals surface area contributed by atoms with Gasteiger partial charge in [-0.2, -0.15) is 18.4 Å². The molecule has 20 heavy (non-hydrogen) atoms. The molecule has 0 atom stereocenters. The Morgan fingerprint density at radius 1 is 1.50 bits per heavy atom. The van der Waals surface area contributed by atoms with Gasteiger partial charge >= 0.3 is 12.1 Å². The predicted octanol–water partition coefficient (Wildman–Crippen LogP) is 3.02. The Bertz CT molecular complexity index is 586. The maximum absolute atomic E-state index is 12.5. The minimum Gasteiger partial charge on any atom is -0.478 e. The van der Waals surface area contributed by atoms with Crippen molar-refractivity contribution in [2.24, 2.45) is 0 Å². The second kappa shape index (κ2) is 6.10. The van der Waals surface area contributed by atoms with Gasteiger partial charge in [-0.25, -0.2) is 4.79 Å². The second-order valence-electron chi connectivity index (χ2n) is 4.05. The molecule has 0 unspecified atom stereocenters. The molecule has 0 aliphatic carbocycles. The fourth-order valence-corrected chi connectivity index (χ4v) is 1.46. The molecule has 0 spiro atoms. The molecule has 1 aromatic carbocycles. The highest BCUT2D eigenvalue weighted by Crippen LogP contribution is 2.31. The summed E-state index contributed by atoms with van der Waals surface area (Å²) in [6.07, 6.45) is -3.54. The number of rotatable bonds is 4. The summed E-state index contributed by atoms with van der Waals surface area (Å²) in [5.41, 5.74) is -0.361. The van der Waals surface area contributed by atoms with Crippen molar-refractivity contribution in [3.63, 3.8) is 0 Å². The number of halogens is 3. The second-order valence-corrected chi connectivity index (χ2v) is 4.05. The third-order valence-electron chi connectivity index (χ3n) is 2.39. The average molecular weight is 284 g/mol. The number of nitriles is 1. The Morgan fingerprint density at radius 2 is 2.15 bits per heavy atom. The van der Waals surface area contributed by atoms with Crippen LogP contribution in [0.3, 0.4) is 0 Å². The molecule has 0 saturated carbocycles. The number of alkyl halides is 3. The Hall–Kier alpha value is -2.49. The van der Waals surface area contributed by atoms with Gasteiger partial charge in [-0.3, -0.25) is 0 Å². The van der Waals surface area contributed by atoms with Crippen LogP contribution in [0, 0.1) is 11.3 Å². The molecule has 106 valence electrons. The lowest BCUT2D eigenvalue weighted by Gasteiger charge is -2.11. The molecule has 0 aromatic heterocycles. The molecule has 0 aliphatic rings. The van der Waals surface area contributed by atoms with Crippen LogP contribution >= 0.6 is 0 Å². The van der Waals surface area contributed by atoms with E-state index in [0.717, 1.165) is 24.3 Å². The number of nitrogens with one attached hydrogen (secondary N) is 1. The first-order chi connectivity index (χ1) is 9.24. The van der Waals surface area contributed by atoms with Gasteiger partial charge in [0, 0.05) is 12.6 Å². The van der Waals surface area contributed by atoms with Crippen LogP contribution in [0.2, 0.25) is 0 Å². The molecule has 0 fully saturated rings. The lowest BCUT2D eigenvalue weighted by molar-refractivity contribution is -0.137. The van der Waals surface area contributed by atoms with Gasteiger partial charge in [-0.05, 0) is 30.7 Å². The summed E-state index contributed by atoms with van der Waals surface area (Å²) in [6, 6.07) is 4.43. The molecule has 0 aliphatic heterocycles. The lowest BCUT2D eigenvalue weighted by atomic mass is 10.1. The van der Waals surface area contributed by atoms with E-state index in [1.54, 1.807) is 13.0 Å². The number of aliphatic carboxylic acids is 1. The molecular formula is C13H11F3N2O2. The third-order valence-corrected chi connectivity index (χ3v) is 2.39. The molecule has 0 heterocycles. The van der Waals surface area contributed by atoms with E-state index in [1.165, 1.54) is 0 Å². The van der Waals surface area contributed by atoms with Crippen LogP contribution in [-0.2, 0) is 11.0 Å².